The normalized spacial score (nSPS) is 44.4. The molecule has 3 N–H and O–H groups in total. The third-order valence-corrected chi connectivity index (χ3v) is 14.7. The molecule has 7 aliphatic rings. The molecule has 0 saturated heterocycles. The molecule has 0 heterocycles. The summed E-state index contributed by atoms with van der Waals surface area (Å²) in [6.45, 7) is 6.03. The number of hydrogen-bond acceptors (Lipinski definition) is 3. The van der Waals surface area contributed by atoms with E-state index in [9.17, 15) is 4.79 Å². The van der Waals surface area contributed by atoms with Crippen LogP contribution in [0.2, 0.25) is 0 Å². The van der Waals surface area contributed by atoms with E-state index >= 15 is 0 Å². The number of allylic oxidation sites excluding steroid dienone is 3. The summed E-state index contributed by atoms with van der Waals surface area (Å²) >= 11 is 0. The number of carbonyl (C=O) groups is 1. The van der Waals surface area contributed by atoms with Crippen LogP contribution in [0.4, 0.5) is 5.69 Å². The Bertz CT molecular complexity index is 1190. The maximum absolute atomic E-state index is 12.7. The minimum atomic E-state index is -0.327. The summed E-state index contributed by atoms with van der Waals surface area (Å²) in [5, 5.41) is 3.71. The van der Waals surface area contributed by atoms with Gasteiger partial charge >= 0.3 is 0 Å². The van der Waals surface area contributed by atoms with Crippen LogP contribution < -0.4 is 11.1 Å². The summed E-state index contributed by atoms with van der Waals surface area (Å²) in [7, 11) is 0. The fraction of sp³-hybridized carbons (Fsp3) is 0.718. The van der Waals surface area contributed by atoms with Crippen LogP contribution in [0.15, 0.2) is 54.6 Å². The molecular weight excluding hydrogens is 512 g/mol. The van der Waals surface area contributed by atoms with Crippen molar-refractivity contribution in [3.63, 3.8) is 0 Å². The average Bonchev–Trinajstić information content (AvgIpc) is 3.66. The molecular formula is C39H54N2O. The lowest BCUT2D eigenvalue weighted by atomic mass is 9.63. The highest BCUT2D eigenvalue weighted by molar-refractivity contribution is 5.62. The number of nitrogens with two attached hydrogens (primary N) is 1. The average molecular weight is 567 g/mol. The molecule has 1 aromatic carbocycles. The molecule has 6 fully saturated rings. The molecule has 0 aromatic heterocycles. The highest BCUT2D eigenvalue weighted by Crippen LogP contribution is 2.79. The Morgan fingerprint density at radius 2 is 1.71 bits per heavy atom. The second kappa shape index (κ2) is 10.6. The van der Waals surface area contributed by atoms with Gasteiger partial charge in [-0.1, -0.05) is 81.0 Å². The van der Waals surface area contributed by atoms with Crippen molar-refractivity contribution in [3.05, 3.63) is 54.6 Å². The lowest BCUT2D eigenvalue weighted by Crippen LogP contribution is -2.44. The maximum Gasteiger partial charge on any atom is 0.137 e. The summed E-state index contributed by atoms with van der Waals surface area (Å²) in [5.74, 6) is 7.04. The topological polar surface area (TPSA) is 55.1 Å². The zero-order valence-electron chi connectivity index (χ0n) is 25.8. The van der Waals surface area contributed by atoms with Crippen molar-refractivity contribution in [1.29, 1.82) is 0 Å². The van der Waals surface area contributed by atoms with Gasteiger partial charge < -0.3 is 15.8 Å². The van der Waals surface area contributed by atoms with E-state index < -0.39 is 0 Å². The number of benzene rings is 1. The van der Waals surface area contributed by atoms with E-state index in [1.54, 1.807) is 5.57 Å². The summed E-state index contributed by atoms with van der Waals surface area (Å²) < 4.78 is 0. The Balaban J connectivity index is 1.06. The van der Waals surface area contributed by atoms with Gasteiger partial charge in [0.2, 0.25) is 0 Å². The molecule has 226 valence electrons. The highest BCUT2D eigenvalue weighted by Gasteiger charge is 2.76. The Morgan fingerprint density at radius 1 is 0.929 bits per heavy atom. The van der Waals surface area contributed by atoms with Crippen LogP contribution in [0.1, 0.15) is 89.9 Å². The van der Waals surface area contributed by atoms with E-state index in [0.29, 0.717) is 40.9 Å². The summed E-state index contributed by atoms with van der Waals surface area (Å²) in [5.41, 5.74) is 10.2. The number of fused-ring (bicyclic) bond motifs is 4. The van der Waals surface area contributed by atoms with E-state index in [0.717, 1.165) is 30.2 Å². The molecule has 42 heavy (non-hydrogen) atoms. The first-order valence-corrected chi connectivity index (χ1v) is 17.9. The number of nitrogens with one attached hydrogen (secondary N) is 1. The van der Waals surface area contributed by atoms with Crippen molar-refractivity contribution in [3.8, 4) is 0 Å². The summed E-state index contributed by atoms with van der Waals surface area (Å²) in [6, 6.07) is 10.4. The lowest BCUT2D eigenvalue weighted by molar-refractivity contribution is -0.111. The van der Waals surface area contributed by atoms with E-state index in [-0.39, 0.29) is 11.5 Å². The van der Waals surface area contributed by atoms with Gasteiger partial charge in [-0.05, 0) is 128 Å². The zero-order valence-corrected chi connectivity index (χ0v) is 25.8. The van der Waals surface area contributed by atoms with Gasteiger partial charge in [0.05, 0.1) is 6.04 Å². The number of carbonyl (C=O) groups excluding carboxylic acids is 1. The standard InChI is InChI=1S/C39H54N2O/c1-25-33-20-30(27-9-5-6-10-27)21-34(33)37-35(22-38(25)15-7-8-16-38)39(37,36(40)24-42)31-14-13-28-17-26(18-29(28)19-31)23-41-32-11-3-2-4-12-32/h2-4,11-14,24,26-31,33-37,41H,1,5-10,15-23,40H2. The zero-order chi connectivity index (χ0) is 28.5. The van der Waals surface area contributed by atoms with Crippen molar-refractivity contribution < 1.29 is 4.79 Å². The van der Waals surface area contributed by atoms with E-state index in [1.165, 1.54) is 102 Å². The summed E-state index contributed by atoms with van der Waals surface area (Å²) in [4.78, 5) is 12.7. The second-order valence-electron chi connectivity index (χ2n) is 16.3. The fourth-order valence-corrected chi connectivity index (χ4v) is 12.9. The van der Waals surface area contributed by atoms with Crippen LogP contribution in [0.5, 0.6) is 0 Å². The molecule has 1 spiro atoms. The van der Waals surface area contributed by atoms with Gasteiger partial charge in [-0.3, -0.25) is 0 Å². The molecule has 3 nitrogen and oxygen atoms in total. The Kier molecular flexibility index (Phi) is 7.01. The monoisotopic (exact) mass is 566 g/mol. The minimum Gasteiger partial charge on any atom is -0.385 e. The van der Waals surface area contributed by atoms with Crippen LogP contribution >= 0.6 is 0 Å². The van der Waals surface area contributed by atoms with Crippen molar-refractivity contribution in [1.82, 2.24) is 0 Å². The van der Waals surface area contributed by atoms with Gasteiger partial charge in [0.25, 0.3) is 0 Å². The first-order chi connectivity index (χ1) is 20.5. The van der Waals surface area contributed by atoms with Gasteiger partial charge in [-0.2, -0.15) is 0 Å². The molecule has 1 aromatic rings. The third-order valence-electron chi connectivity index (χ3n) is 14.7. The molecule has 0 bridgehead atoms. The largest absolute Gasteiger partial charge is 0.385 e. The smallest absolute Gasteiger partial charge is 0.137 e. The fourth-order valence-electron chi connectivity index (χ4n) is 12.9. The molecule has 8 rings (SSSR count). The molecule has 7 aliphatic carbocycles. The maximum atomic E-state index is 12.7. The van der Waals surface area contributed by atoms with Gasteiger partial charge in [-0.15, -0.1) is 0 Å². The Hall–Kier alpha value is -1.87. The highest BCUT2D eigenvalue weighted by atomic mass is 16.1. The predicted octanol–water partition coefficient (Wildman–Crippen LogP) is 8.43. The SMILES string of the molecule is C=C1C2CC(C3CCCC3)CC2C2C(CC13CCCC3)C2(C(N)C=O)C1C=CC2CC(CNc3ccccc3)CC2C1. The molecule has 6 saturated carbocycles. The number of anilines is 1. The molecule has 0 amide bonds. The molecule has 11 atom stereocenters. The van der Waals surface area contributed by atoms with Gasteiger partial charge in [0, 0.05) is 17.6 Å². The first-order valence-electron chi connectivity index (χ1n) is 17.9. The van der Waals surface area contributed by atoms with Crippen LogP contribution in [0.3, 0.4) is 0 Å². The second-order valence-corrected chi connectivity index (χ2v) is 16.3. The van der Waals surface area contributed by atoms with Crippen LogP contribution in [-0.2, 0) is 4.79 Å². The van der Waals surface area contributed by atoms with Crippen LogP contribution in [-0.4, -0.2) is 18.9 Å². The Labute approximate surface area is 254 Å². The predicted molar refractivity (Wildman–Crippen MR) is 172 cm³/mol. The number of rotatable bonds is 7. The van der Waals surface area contributed by atoms with Crippen molar-refractivity contribution in [2.75, 3.05) is 11.9 Å². The van der Waals surface area contributed by atoms with E-state index in [2.05, 4.69) is 47.8 Å². The lowest BCUT2D eigenvalue weighted by Gasteiger charge is -2.41. The minimum absolute atomic E-state index is 0.0205. The van der Waals surface area contributed by atoms with Crippen LogP contribution in [0.25, 0.3) is 0 Å². The molecule has 11 unspecified atom stereocenters. The van der Waals surface area contributed by atoms with Gasteiger partial charge in [-0.25, -0.2) is 0 Å². The van der Waals surface area contributed by atoms with Gasteiger partial charge in [0.15, 0.2) is 0 Å². The number of para-hydroxylation sites is 1. The third kappa shape index (κ3) is 4.26. The number of aldehydes is 1. The van der Waals surface area contributed by atoms with Crippen molar-refractivity contribution in [2.24, 2.45) is 75.7 Å². The van der Waals surface area contributed by atoms with E-state index in [1.807, 2.05) is 0 Å². The molecule has 3 heteroatoms. The number of hydrogen-bond donors (Lipinski definition) is 2. The van der Waals surface area contributed by atoms with Crippen molar-refractivity contribution >= 4 is 12.0 Å². The van der Waals surface area contributed by atoms with Gasteiger partial charge in [0.1, 0.15) is 6.29 Å². The first kappa shape index (κ1) is 27.7. The Morgan fingerprint density at radius 3 is 2.48 bits per heavy atom. The van der Waals surface area contributed by atoms with E-state index in [4.69, 9.17) is 12.3 Å². The van der Waals surface area contributed by atoms with Crippen molar-refractivity contribution in [2.45, 2.75) is 95.9 Å². The summed E-state index contributed by atoms with van der Waals surface area (Å²) in [6.07, 6.45) is 25.4. The molecule has 0 aliphatic heterocycles. The van der Waals surface area contributed by atoms with Crippen LogP contribution in [0, 0.1) is 70.0 Å². The quantitative estimate of drug-likeness (QED) is 0.257. The molecule has 0 radical (unpaired) electrons.